The highest BCUT2D eigenvalue weighted by Crippen LogP contribution is 2.31. The number of para-hydroxylation sites is 2. The number of rotatable bonds is 3. The maximum atomic E-state index is 8.86. The van der Waals surface area contributed by atoms with Crippen molar-refractivity contribution in [2.75, 3.05) is 0 Å². The third-order valence-electron chi connectivity index (χ3n) is 3.74. The zero-order chi connectivity index (χ0) is 17.2. The van der Waals surface area contributed by atoms with Gasteiger partial charge < -0.3 is 0 Å². The van der Waals surface area contributed by atoms with Gasteiger partial charge in [-0.2, -0.15) is 5.26 Å². The van der Waals surface area contributed by atoms with Crippen LogP contribution < -0.4 is 0 Å². The van der Waals surface area contributed by atoms with Crippen LogP contribution in [0.1, 0.15) is 11.3 Å². The fourth-order valence-corrected chi connectivity index (χ4v) is 3.46. The lowest BCUT2D eigenvalue weighted by molar-refractivity contribution is 0.887. The molecule has 2 heterocycles. The smallest absolute Gasteiger partial charge is 0.180 e. The monoisotopic (exact) mass is 343 g/mol. The second-order valence-electron chi connectivity index (χ2n) is 5.53. The lowest BCUT2D eigenvalue weighted by Gasteiger charge is -2.09. The molecular weight excluding hydrogens is 330 g/mol. The Bertz CT molecular complexity index is 1090. The highest BCUT2D eigenvalue weighted by atomic mass is 32.2. The highest BCUT2D eigenvalue weighted by Gasteiger charge is 2.14. The van der Waals surface area contributed by atoms with Crippen LogP contribution in [0.5, 0.6) is 0 Å². The summed E-state index contributed by atoms with van der Waals surface area (Å²) in [5.74, 6) is 0. The molecule has 2 aromatic carbocycles. The van der Waals surface area contributed by atoms with E-state index in [-0.39, 0.29) is 0 Å². The van der Waals surface area contributed by atoms with Crippen molar-refractivity contribution in [3.05, 3.63) is 71.9 Å². The van der Waals surface area contributed by atoms with E-state index < -0.39 is 0 Å². The van der Waals surface area contributed by atoms with Gasteiger partial charge >= 0.3 is 0 Å². The van der Waals surface area contributed by atoms with Crippen molar-refractivity contribution in [3.63, 3.8) is 0 Å². The summed E-state index contributed by atoms with van der Waals surface area (Å²) < 4.78 is 2.12. The van der Waals surface area contributed by atoms with Crippen LogP contribution in [-0.4, -0.2) is 19.7 Å². The maximum absolute atomic E-state index is 8.86. The summed E-state index contributed by atoms with van der Waals surface area (Å²) >= 11 is 1.43. The number of hydrogen-bond acceptors (Lipinski definition) is 5. The Hall–Kier alpha value is -3.17. The van der Waals surface area contributed by atoms with Gasteiger partial charge in [0, 0.05) is 5.69 Å². The van der Waals surface area contributed by atoms with Gasteiger partial charge in [-0.1, -0.05) is 24.3 Å². The van der Waals surface area contributed by atoms with E-state index in [0.717, 1.165) is 21.9 Å². The molecule has 0 spiro atoms. The molecule has 4 rings (SSSR count). The zero-order valence-corrected chi connectivity index (χ0v) is 14.2. The average molecular weight is 343 g/mol. The molecule has 6 heteroatoms. The van der Waals surface area contributed by atoms with Gasteiger partial charge in [0.15, 0.2) is 10.9 Å². The van der Waals surface area contributed by atoms with Crippen LogP contribution in [0.15, 0.2) is 70.8 Å². The van der Waals surface area contributed by atoms with Crippen LogP contribution in [0.4, 0.5) is 0 Å². The Morgan fingerprint density at radius 3 is 2.64 bits per heavy atom. The van der Waals surface area contributed by atoms with Gasteiger partial charge in [-0.15, -0.1) is 10.2 Å². The highest BCUT2D eigenvalue weighted by molar-refractivity contribution is 7.99. The summed E-state index contributed by atoms with van der Waals surface area (Å²) in [7, 11) is 0. The molecule has 0 N–H and O–H groups in total. The van der Waals surface area contributed by atoms with Gasteiger partial charge in [-0.3, -0.25) is 4.57 Å². The second kappa shape index (κ2) is 6.38. The van der Waals surface area contributed by atoms with Crippen molar-refractivity contribution in [2.45, 2.75) is 17.1 Å². The Balaban J connectivity index is 1.85. The molecule has 0 aliphatic heterocycles. The van der Waals surface area contributed by atoms with Crippen molar-refractivity contribution in [1.82, 2.24) is 19.7 Å². The molecule has 0 bridgehead atoms. The Morgan fingerprint density at radius 1 is 1.00 bits per heavy atom. The Labute approximate surface area is 149 Å². The van der Waals surface area contributed by atoms with E-state index in [1.54, 1.807) is 12.1 Å². The lowest BCUT2D eigenvalue weighted by Crippen LogP contribution is -1.97. The van der Waals surface area contributed by atoms with Gasteiger partial charge in [0.1, 0.15) is 11.1 Å². The number of nitrogens with zero attached hydrogens (tertiary/aromatic N) is 5. The second-order valence-corrected chi connectivity index (χ2v) is 6.52. The van der Waals surface area contributed by atoms with E-state index in [9.17, 15) is 0 Å². The minimum atomic E-state index is 0.302. The van der Waals surface area contributed by atoms with Crippen molar-refractivity contribution < 1.29 is 0 Å². The Kier molecular flexibility index (Phi) is 3.92. The molecule has 0 radical (unpaired) electrons. The summed E-state index contributed by atoms with van der Waals surface area (Å²) in [6.45, 7) is 2.07. The van der Waals surface area contributed by atoms with E-state index in [1.807, 2.05) is 30.3 Å². The van der Waals surface area contributed by atoms with Gasteiger partial charge in [0.2, 0.25) is 0 Å². The van der Waals surface area contributed by atoms with E-state index in [4.69, 9.17) is 10.2 Å². The molecule has 0 fully saturated rings. The first-order valence-electron chi connectivity index (χ1n) is 7.71. The first-order valence-corrected chi connectivity index (χ1v) is 8.52. The van der Waals surface area contributed by atoms with Crippen molar-refractivity contribution in [3.8, 4) is 11.8 Å². The predicted octanol–water partition coefficient (Wildman–Crippen LogP) is 4.15. The van der Waals surface area contributed by atoms with Gasteiger partial charge in [0.25, 0.3) is 0 Å². The minimum absolute atomic E-state index is 0.302. The van der Waals surface area contributed by atoms with Crippen LogP contribution in [0.3, 0.4) is 0 Å². The van der Waals surface area contributed by atoms with Crippen molar-refractivity contribution >= 4 is 22.8 Å². The third kappa shape index (κ3) is 2.97. The van der Waals surface area contributed by atoms with E-state index in [1.165, 1.54) is 17.3 Å². The van der Waals surface area contributed by atoms with Crippen molar-refractivity contribution in [1.29, 1.82) is 5.26 Å². The molecule has 0 amide bonds. The summed E-state index contributed by atoms with van der Waals surface area (Å²) in [5.41, 5.74) is 4.50. The lowest BCUT2D eigenvalue weighted by atomic mass is 10.2. The number of benzene rings is 2. The normalized spacial score (nSPS) is 10.7. The standard InChI is InChI=1S/C19H13N5S/c1-13-5-4-6-15(11-13)24-17-8-3-2-7-16(17)21-19(24)25-18-10-9-14(12-20)22-23-18/h2-11H,1H3. The number of fused-ring (bicyclic) bond motifs is 1. The SMILES string of the molecule is Cc1cccc(-n2c(Sc3ccc(C#N)nn3)nc3ccccc32)c1. The molecule has 0 atom stereocenters. The molecule has 0 aliphatic carbocycles. The summed E-state index contributed by atoms with van der Waals surface area (Å²) in [6, 6.07) is 21.8. The van der Waals surface area contributed by atoms with Crippen LogP contribution in [0, 0.1) is 18.3 Å². The molecule has 0 unspecified atom stereocenters. The van der Waals surface area contributed by atoms with E-state index in [0.29, 0.717) is 10.7 Å². The van der Waals surface area contributed by atoms with Crippen LogP contribution in [0.25, 0.3) is 16.7 Å². The topological polar surface area (TPSA) is 67.4 Å². The maximum Gasteiger partial charge on any atom is 0.180 e. The number of imidazole rings is 1. The molecule has 0 saturated heterocycles. The summed E-state index contributed by atoms with van der Waals surface area (Å²) in [4.78, 5) is 4.75. The first kappa shape index (κ1) is 15.4. The molecule has 5 nitrogen and oxygen atoms in total. The van der Waals surface area contributed by atoms with Gasteiger partial charge in [-0.05, 0) is 60.6 Å². The van der Waals surface area contributed by atoms with E-state index in [2.05, 4.69) is 46.0 Å². The number of aryl methyl sites for hydroxylation is 1. The molecule has 2 aromatic heterocycles. The van der Waals surface area contributed by atoms with Gasteiger partial charge in [0.05, 0.1) is 11.0 Å². The van der Waals surface area contributed by atoms with Crippen molar-refractivity contribution in [2.24, 2.45) is 0 Å². The molecular formula is C19H13N5S. The zero-order valence-electron chi connectivity index (χ0n) is 13.4. The van der Waals surface area contributed by atoms with Gasteiger partial charge in [-0.25, -0.2) is 4.98 Å². The molecule has 25 heavy (non-hydrogen) atoms. The quantitative estimate of drug-likeness (QED) is 0.559. The molecule has 120 valence electrons. The number of hydrogen-bond donors (Lipinski definition) is 0. The number of aromatic nitrogens is 4. The fraction of sp³-hybridized carbons (Fsp3) is 0.0526. The largest absolute Gasteiger partial charge is 0.287 e. The molecule has 4 aromatic rings. The Morgan fingerprint density at radius 2 is 1.88 bits per heavy atom. The van der Waals surface area contributed by atoms with Crippen LogP contribution in [-0.2, 0) is 0 Å². The first-order chi connectivity index (χ1) is 12.2. The molecule has 0 aliphatic rings. The summed E-state index contributed by atoms with van der Waals surface area (Å²) in [5, 5.41) is 18.4. The van der Waals surface area contributed by atoms with Crippen LogP contribution in [0.2, 0.25) is 0 Å². The fourth-order valence-electron chi connectivity index (χ4n) is 2.62. The number of nitriles is 1. The minimum Gasteiger partial charge on any atom is -0.287 e. The summed E-state index contributed by atoms with van der Waals surface area (Å²) in [6.07, 6.45) is 0. The van der Waals surface area contributed by atoms with E-state index >= 15 is 0 Å². The average Bonchev–Trinajstić information content (AvgIpc) is 3.00. The molecule has 0 saturated carbocycles. The van der Waals surface area contributed by atoms with Crippen LogP contribution >= 0.6 is 11.8 Å². The predicted molar refractivity (Wildman–Crippen MR) is 96.7 cm³/mol. The third-order valence-corrected chi connectivity index (χ3v) is 4.62.